The fourth-order valence-corrected chi connectivity index (χ4v) is 3.64. The highest BCUT2D eigenvalue weighted by atomic mass is 35.5. The molecule has 1 atom stereocenters. The van der Waals surface area contributed by atoms with Crippen molar-refractivity contribution in [2.75, 3.05) is 20.2 Å². The smallest absolute Gasteiger partial charge is 0.327 e. The summed E-state index contributed by atoms with van der Waals surface area (Å²) in [6, 6.07) is 6.76. The molecule has 25 heavy (non-hydrogen) atoms. The fourth-order valence-electron chi connectivity index (χ4n) is 3.41. The molecule has 0 bridgehead atoms. The van der Waals surface area contributed by atoms with Crippen LogP contribution in [0.25, 0.3) is 0 Å². The highest BCUT2D eigenvalue weighted by Crippen LogP contribution is 2.37. The number of allylic oxidation sites excluding steroid dienone is 1. The summed E-state index contributed by atoms with van der Waals surface area (Å²) >= 11 is 6.32. The first kappa shape index (κ1) is 17.7. The van der Waals surface area contributed by atoms with Crippen molar-refractivity contribution in [3.8, 4) is 0 Å². The largest absolute Gasteiger partial charge is 0.468 e. The molecule has 2 aliphatic rings. The van der Waals surface area contributed by atoms with Crippen LogP contribution in [0.2, 0.25) is 5.02 Å². The van der Waals surface area contributed by atoms with Crippen molar-refractivity contribution in [1.29, 1.82) is 0 Å². The van der Waals surface area contributed by atoms with E-state index in [9.17, 15) is 9.59 Å². The van der Waals surface area contributed by atoms with Gasteiger partial charge in [0, 0.05) is 31.5 Å². The van der Waals surface area contributed by atoms with E-state index >= 15 is 0 Å². The van der Waals surface area contributed by atoms with Gasteiger partial charge in [-0.15, -0.1) is 0 Å². The SMILES string of the molecule is COC(=O)C(c1ccccc1Cl)N1CCC2=C(C=C(OC(C)=O)C2)C1. The Morgan fingerprint density at radius 3 is 2.72 bits per heavy atom. The quantitative estimate of drug-likeness (QED) is 0.769. The van der Waals surface area contributed by atoms with Gasteiger partial charge in [-0.3, -0.25) is 9.69 Å². The van der Waals surface area contributed by atoms with Crippen LogP contribution in [0, 0.1) is 0 Å². The second kappa shape index (κ2) is 7.42. The van der Waals surface area contributed by atoms with Crippen molar-refractivity contribution in [3.63, 3.8) is 0 Å². The number of rotatable bonds is 4. The third kappa shape index (κ3) is 3.78. The molecule has 0 fully saturated rings. The van der Waals surface area contributed by atoms with Gasteiger partial charge in [0.15, 0.2) is 0 Å². The molecule has 1 heterocycles. The average molecular weight is 362 g/mol. The van der Waals surface area contributed by atoms with E-state index in [-0.39, 0.29) is 11.9 Å². The van der Waals surface area contributed by atoms with Crippen LogP contribution in [0.15, 0.2) is 47.2 Å². The van der Waals surface area contributed by atoms with E-state index in [0.29, 0.717) is 30.3 Å². The van der Waals surface area contributed by atoms with Gasteiger partial charge in [0.2, 0.25) is 0 Å². The molecule has 1 aromatic rings. The molecular formula is C19H20ClNO4. The van der Waals surface area contributed by atoms with Crippen LogP contribution in [0.1, 0.15) is 31.4 Å². The maximum atomic E-state index is 12.4. The molecule has 1 unspecified atom stereocenters. The number of halogens is 1. The Morgan fingerprint density at radius 2 is 2.04 bits per heavy atom. The van der Waals surface area contributed by atoms with Crippen LogP contribution in [-0.2, 0) is 19.1 Å². The number of esters is 2. The van der Waals surface area contributed by atoms with Crippen molar-refractivity contribution >= 4 is 23.5 Å². The standard InChI is InChI=1S/C19H20ClNO4/c1-12(22)25-15-9-13-7-8-21(11-14(13)10-15)18(19(23)24-2)16-5-3-4-6-17(16)20/h3-6,10,18H,7-9,11H2,1-2H3. The molecule has 0 saturated carbocycles. The molecular weight excluding hydrogens is 342 g/mol. The summed E-state index contributed by atoms with van der Waals surface area (Å²) in [5, 5.41) is 0.542. The van der Waals surface area contributed by atoms with E-state index in [1.807, 2.05) is 24.3 Å². The summed E-state index contributed by atoms with van der Waals surface area (Å²) in [6.45, 7) is 2.70. The highest BCUT2D eigenvalue weighted by Gasteiger charge is 2.34. The predicted molar refractivity (Wildman–Crippen MR) is 93.9 cm³/mol. The highest BCUT2D eigenvalue weighted by molar-refractivity contribution is 6.31. The average Bonchev–Trinajstić information content (AvgIpc) is 2.97. The lowest BCUT2D eigenvalue weighted by atomic mass is 9.98. The molecule has 0 spiro atoms. The monoisotopic (exact) mass is 361 g/mol. The molecule has 1 aliphatic carbocycles. The van der Waals surface area contributed by atoms with E-state index in [1.54, 1.807) is 6.07 Å². The number of carbonyl (C=O) groups excluding carboxylic acids is 2. The Balaban J connectivity index is 1.85. The number of nitrogens with zero attached hydrogens (tertiary/aromatic N) is 1. The third-order valence-corrected chi connectivity index (χ3v) is 4.86. The minimum absolute atomic E-state index is 0.313. The second-order valence-corrected chi connectivity index (χ2v) is 6.58. The number of carbonyl (C=O) groups is 2. The zero-order chi connectivity index (χ0) is 18.0. The molecule has 0 saturated heterocycles. The summed E-state index contributed by atoms with van der Waals surface area (Å²) in [7, 11) is 1.38. The van der Waals surface area contributed by atoms with E-state index in [0.717, 1.165) is 17.6 Å². The predicted octanol–water partition coefficient (Wildman–Crippen LogP) is 3.41. The van der Waals surface area contributed by atoms with Crippen LogP contribution in [-0.4, -0.2) is 37.0 Å². The molecule has 0 radical (unpaired) electrons. The summed E-state index contributed by atoms with van der Waals surface area (Å²) in [5.74, 6) is 0.0255. The van der Waals surface area contributed by atoms with Crippen molar-refractivity contribution in [1.82, 2.24) is 4.90 Å². The number of hydrogen-bond donors (Lipinski definition) is 0. The summed E-state index contributed by atoms with van der Waals surface area (Å²) in [6.07, 6.45) is 3.39. The van der Waals surface area contributed by atoms with Gasteiger partial charge in [-0.1, -0.05) is 35.4 Å². The maximum absolute atomic E-state index is 12.4. The maximum Gasteiger partial charge on any atom is 0.327 e. The van der Waals surface area contributed by atoms with Gasteiger partial charge in [0.25, 0.3) is 0 Å². The number of ether oxygens (including phenoxy) is 2. The molecule has 1 aliphatic heterocycles. The molecule has 0 aromatic heterocycles. The lowest BCUT2D eigenvalue weighted by Crippen LogP contribution is -2.39. The Hall–Kier alpha value is -2.11. The summed E-state index contributed by atoms with van der Waals surface area (Å²) < 4.78 is 10.2. The Morgan fingerprint density at radius 1 is 1.28 bits per heavy atom. The first-order valence-electron chi connectivity index (χ1n) is 8.15. The number of hydrogen-bond acceptors (Lipinski definition) is 5. The Kier molecular flexibility index (Phi) is 5.25. The second-order valence-electron chi connectivity index (χ2n) is 6.18. The third-order valence-electron chi connectivity index (χ3n) is 4.52. The van der Waals surface area contributed by atoms with E-state index < -0.39 is 6.04 Å². The van der Waals surface area contributed by atoms with Crippen LogP contribution in [0.5, 0.6) is 0 Å². The van der Waals surface area contributed by atoms with Gasteiger partial charge in [0.1, 0.15) is 11.8 Å². The lowest BCUT2D eigenvalue weighted by molar-refractivity contribution is -0.147. The van der Waals surface area contributed by atoms with Gasteiger partial charge in [-0.2, -0.15) is 0 Å². The van der Waals surface area contributed by atoms with Gasteiger partial charge in [-0.25, -0.2) is 4.79 Å². The van der Waals surface area contributed by atoms with E-state index in [4.69, 9.17) is 21.1 Å². The van der Waals surface area contributed by atoms with Crippen molar-refractivity contribution < 1.29 is 19.1 Å². The topological polar surface area (TPSA) is 55.8 Å². The zero-order valence-electron chi connectivity index (χ0n) is 14.3. The Bertz CT molecular complexity index is 768. The minimum atomic E-state index is -0.557. The normalized spacial score (nSPS) is 18.4. The molecule has 0 amide bonds. The van der Waals surface area contributed by atoms with Crippen molar-refractivity contribution in [2.24, 2.45) is 0 Å². The van der Waals surface area contributed by atoms with E-state index in [2.05, 4.69) is 4.90 Å². The zero-order valence-corrected chi connectivity index (χ0v) is 15.0. The first-order chi connectivity index (χ1) is 12.0. The molecule has 1 aromatic carbocycles. The number of benzene rings is 1. The van der Waals surface area contributed by atoms with Crippen LogP contribution in [0.4, 0.5) is 0 Å². The van der Waals surface area contributed by atoms with E-state index in [1.165, 1.54) is 19.6 Å². The summed E-state index contributed by atoms with van der Waals surface area (Å²) in [4.78, 5) is 25.7. The molecule has 6 heteroatoms. The minimum Gasteiger partial charge on any atom is -0.468 e. The van der Waals surface area contributed by atoms with Crippen molar-refractivity contribution in [2.45, 2.75) is 25.8 Å². The molecule has 3 rings (SSSR count). The van der Waals surface area contributed by atoms with Gasteiger partial charge in [-0.05, 0) is 29.7 Å². The fraction of sp³-hybridized carbons (Fsp3) is 0.368. The lowest BCUT2D eigenvalue weighted by Gasteiger charge is -2.34. The van der Waals surface area contributed by atoms with Crippen LogP contribution >= 0.6 is 11.6 Å². The van der Waals surface area contributed by atoms with Crippen LogP contribution in [0.3, 0.4) is 0 Å². The summed E-state index contributed by atoms with van der Waals surface area (Å²) in [5.41, 5.74) is 3.10. The van der Waals surface area contributed by atoms with Gasteiger partial charge in [0.05, 0.1) is 7.11 Å². The number of methoxy groups -OCH3 is 1. The molecule has 5 nitrogen and oxygen atoms in total. The van der Waals surface area contributed by atoms with Crippen LogP contribution < -0.4 is 0 Å². The Labute approximate surface area is 151 Å². The van der Waals surface area contributed by atoms with Gasteiger partial charge < -0.3 is 9.47 Å². The molecule has 132 valence electrons. The molecule has 0 N–H and O–H groups in total. The first-order valence-corrected chi connectivity index (χ1v) is 8.53. The van der Waals surface area contributed by atoms with Gasteiger partial charge >= 0.3 is 11.9 Å². The van der Waals surface area contributed by atoms with Crippen molar-refractivity contribution in [3.05, 3.63) is 57.8 Å².